The molecule has 0 aliphatic rings. The molecule has 2 heterocycles. The molecule has 1 N–H and O–H groups in total. The summed E-state index contributed by atoms with van der Waals surface area (Å²) in [4.78, 5) is 20.2. The van der Waals surface area contributed by atoms with Crippen LogP contribution in [0.15, 0.2) is 16.2 Å². The molecule has 0 spiro atoms. The van der Waals surface area contributed by atoms with E-state index in [1.807, 2.05) is 19.2 Å². The van der Waals surface area contributed by atoms with Gasteiger partial charge in [0, 0.05) is 27.8 Å². The zero-order chi connectivity index (χ0) is 11.7. The Hall–Kier alpha value is -1.42. The van der Waals surface area contributed by atoms with Crippen LogP contribution >= 0.6 is 11.3 Å². The van der Waals surface area contributed by atoms with Crippen LogP contribution in [0.2, 0.25) is 0 Å². The molecule has 3 nitrogen and oxygen atoms in total. The first-order chi connectivity index (χ1) is 7.61. The van der Waals surface area contributed by atoms with Crippen molar-refractivity contribution in [3.8, 4) is 11.3 Å². The summed E-state index contributed by atoms with van der Waals surface area (Å²) in [5.41, 5.74) is 2.51. The summed E-state index contributed by atoms with van der Waals surface area (Å²) in [5.74, 6) is 0.745. The largest absolute Gasteiger partial charge is 0.310 e. The highest BCUT2D eigenvalue weighted by molar-refractivity contribution is 7.10. The van der Waals surface area contributed by atoms with Gasteiger partial charge < -0.3 is 4.98 Å². The van der Waals surface area contributed by atoms with E-state index in [9.17, 15) is 4.79 Å². The molecule has 0 fully saturated rings. The van der Waals surface area contributed by atoms with Crippen molar-refractivity contribution in [3.63, 3.8) is 0 Å². The monoisotopic (exact) mass is 234 g/mol. The Kier molecular flexibility index (Phi) is 2.92. The minimum absolute atomic E-state index is 0.0364. The topological polar surface area (TPSA) is 45.8 Å². The molecule has 0 aliphatic heterocycles. The average Bonchev–Trinajstić information content (AvgIpc) is 2.68. The van der Waals surface area contributed by atoms with Crippen LogP contribution in [0.5, 0.6) is 0 Å². The van der Waals surface area contributed by atoms with Gasteiger partial charge in [-0.15, -0.1) is 11.3 Å². The third-order valence-corrected chi connectivity index (χ3v) is 3.40. The molecule has 84 valence electrons. The number of rotatable bonds is 2. The summed E-state index contributed by atoms with van der Waals surface area (Å²) in [6.45, 7) is 5.85. The van der Waals surface area contributed by atoms with Gasteiger partial charge in [0.25, 0.3) is 5.56 Å². The number of hydrogen-bond donors (Lipinski definition) is 1. The Bertz CT molecular complexity index is 569. The highest BCUT2D eigenvalue weighted by atomic mass is 32.1. The first kappa shape index (κ1) is 11.1. The lowest BCUT2D eigenvalue weighted by molar-refractivity contribution is 0.912. The second kappa shape index (κ2) is 4.22. The van der Waals surface area contributed by atoms with Gasteiger partial charge in [0.15, 0.2) is 0 Å². The SMILES string of the molecule is CCc1nc(-c2csc(C)c2)c(C)c(=O)[nH]1. The Labute approximate surface area is 98.2 Å². The lowest BCUT2D eigenvalue weighted by Gasteiger charge is -2.04. The molecule has 2 aromatic rings. The molecular weight excluding hydrogens is 220 g/mol. The molecule has 0 unspecified atom stereocenters. The summed E-state index contributed by atoms with van der Waals surface area (Å²) in [6.07, 6.45) is 0.742. The number of nitrogens with zero attached hydrogens (tertiary/aromatic N) is 1. The molecular formula is C12H14N2OS. The van der Waals surface area contributed by atoms with Crippen LogP contribution in [-0.4, -0.2) is 9.97 Å². The van der Waals surface area contributed by atoms with Gasteiger partial charge in [0.1, 0.15) is 5.82 Å². The van der Waals surface area contributed by atoms with Crippen LogP contribution in [0.25, 0.3) is 11.3 Å². The van der Waals surface area contributed by atoms with E-state index in [-0.39, 0.29) is 5.56 Å². The fourth-order valence-corrected chi connectivity index (χ4v) is 2.28. The highest BCUT2D eigenvalue weighted by Crippen LogP contribution is 2.24. The predicted molar refractivity (Wildman–Crippen MR) is 67.0 cm³/mol. The minimum Gasteiger partial charge on any atom is -0.310 e. The first-order valence-electron chi connectivity index (χ1n) is 5.27. The molecule has 4 heteroatoms. The fourth-order valence-electron chi connectivity index (χ4n) is 1.60. The number of aryl methyl sites for hydroxylation is 2. The van der Waals surface area contributed by atoms with Gasteiger partial charge in [-0.2, -0.15) is 0 Å². The second-order valence-electron chi connectivity index (χ2n) is 3.79. The zero-order valence-electron chi connectivity index (χ0n) is 9.63. The molecule has 0 bridgehead atoms. The number of aromatic amines is 1. The summed E-state index contributed by atoms with van der Waals surface area (Å²) < 4.78 is 0. The molecule has 16 heavy (non-hydrogen) atoms. The maximum atomic E-state index is 11.7. The number of H-pyrrole nitrogens is 1. The Morgan fingerprint density at radius 3 is 2.75 bits per heavy atom. The van der Waals surface area contributed by atoms with Crippen LogP contribution in [-0.2, 0) is 6.42 Å². The number of hydrogen-bond acceptors (Lipinski definition) is 3. The van der Waals surface area contributed by atoms with Crippen molar-refractivity contribution < 1.29 is 0 Å². The average molecular weight is 234 g/mol. The first-order valence-corrected chi connectivity index (χ1v) is 6.15. The maximum absolute atomic E-state index is 11.7. The van der Waals surface area contributed by atoms with Gasteiger partial charge in [-0.3, -0.25) is 4.79 Å². The summed E-state index contributed by atoms with van der Waals surface area (Å²) in [6, 6.07) is 2.07. The molecule has 0 atom stereocenters. The fraction of sp³-hybridized carbons (Fsp3) is 0.333. The Balaban J connectivity index is 2.64. The van der Waals surface area contributed by atoms with Crippen LogP contribution in [0.4, 0.5) is 0 Å². The van der Waals surface area contributed by atoms with Crippen LogP contribution < -0.4 is 5.56 Å². The lowest BCUT2D eigenvalue weighted by atomic mass is 10.1. The molecule has 2 rings (SSSR count). The van der Waals surface area contributed by atoms with Crippen molar-refractivity contribution in [1.82, 2.24) is 9.97 Å². The van der Waals surface area contributed by atoms with Crippen molar-refractivity contribution >= 4 is 11.3 Å². The third kappa shape index (κ3) is 1.93. The van der Waals surface area contributed by atoms with E-state index in [1.165, 1.54) is 4.88 Å². The van der Waals surface area contributed by atoms with E-state index in [4.69, 9.17) is 0 Å². The van der Waals surface area contributed by atoms with E-state index >= 15 is 0 Å². The number of aromatic nitrogens is 2. The van der Waals surface area contributed by atoms with E-state index in [2.05, 4.69) is 23.0 Å². The van der Waals surface area contributed by atoms with Crippen molar-refractivity contribution in [2.75, 3.05) is 0 Å². The van der Waals surface area contributed by atoms with Gasteiger partial charge in [-0.05, 0) is 19.9 Å². The van der Waals surface area contributed by atoms with E-state index in [1.54, 1.807) is 11.3 Å². The number of nitrogens with one attached hydrogen (secondary N) is 1. The van der Waals surface area contributed by atoms with E-state index < -0.39 is 0 Å². The Morgan fingerprint density at radius 2 is 2.19 bits per heavy atom. The zero-order valence-corrected chi connectivity index (χ0v) is 10.4. The van der Waals surface area contributed by atoms with Gasteiger partial charge in [-0.1, -0.05) is 6.92 Å². The van der Waals surface area contributed by atoms with Gasteiger partial charge in [0.2, 0.25) is 0 Å². The minimum atomic E-state index is -0.0364. The van der Waals surface area contributed by atoms with Crippen molar-refractivity contribution in [1.29, 1.82) is 0 Å². The van der Waals surface area contributed by atoms with Gasteiger partial charge in [-0.25, -0.2) is 4.98 Å². The van der Waals surface area contributed by atoms with E-state index in [0.717, 1.165) is 23.5 Å². The molecule has 0 saturated heterocycles. The molecule has 0 radical (unpaired) electrons. The quantitative estimate of drug-likeness (QED) is 0.868. The highest BCUT2D eigenvalue weighted by Gasteiger charge is 2.10. The summed E-state index contributed by atoms with van der Waals surface area (Å²) in [7, 11) is 0. The molecule has 0 aliphatic carbocycles. The smallest absolute Gasteiger partial charge is 0.254 e. The predicted octanol–water partition coefficient (Wildman–Crippen LogP) is 2.68. The molecule has 0 saturated carbocycles. The van der Waals surface area contributed by atoms with Crippen molar-refractivity contribution in [2.45, 2.75) is 27.2 Å². The van der Waals surface area contributed by atoms with Crippen molar-refractivity contribution in [3.05, 3.63) is 38.1 Å². The third-order valence-electron chi connectivity index (χ3n) is 2.54. The van der Waals surface area contributed by atoms with Crippen LogP contribution in [0.3, 0.4) is 0 Å². The van der Waals surface area contributed by atoms with Gasteiger partial charge in [0.05, 0.1) is 5.69 Å². The van der Waals surface area contributed by atoms with E-state index in [0.29, 0.717) is 5.56 Å². The van der Waals surface area contributed by atoms with Crippen LogP contribution in [0, 0.1) is 13.8 Å². The number of thiophene rings is 1. The van der Waals surface area contributed by atoms with Crippen LogP contribution in [0.1, 0.15) is 23.2 Å². The molecule has 0 aromatic carbocycles. The Morgan fingerprint density at radius 1 is 1.44 bits per heavy atom. The molecule has 2 aromatic heterocycles. The maximum Gasteiger partial charge on any atom is 0.254 e. The lowest BCUT2D eigenvalue weighted by Crippen LogP contribution is -2.15. The molecule has 0 amide bonds. The van der Waals surface area contributed by atoms with Crippen molar-refractivity contribution in [2.24, 2.45) is 0 Å². The second-order valence-corrected chi connectivity index (χ2v) is 4.90. The standard InChI is InChI=1S/C12H14N2OS/c1-4-10-13-11(8(3)12(15)14-10)9-5-7(2)16-6-9/h5-6H,4H2,1-3H3,(H,13,14,15). The summed E-state index contributed by atoms with van der Waals surface area (Å²) >= 11 is 1.68. The normalized spacial score (nSPS) is 10.7. The van der Waals surface area contributed by atoms with Gasteiger partial charge >= 0.3 is 0 Å². The summed E-state index contributed by atoms with van der Waals surface area (Å²) in [5, 5.41) is 2.05.